The first kappa shape index (κ1) is 17.0. The van der Waals surface area contributed by atoms with E-state index in [-0.39, 0.29) is 24.9 Å². The first-order chi connectivity index (χ1) is 10.6. The van der Waals surface area contributed by atoms with E-state index in [1.54, 1.807) is 15.6 Å². The second kappa shape index (κ2) is 6.83. The van der Waals surface area contributed by atoms with E-state index in [4.69, 9.17) is 5.11 Å². The van der Waals surface area contributed by atoms with Gasteiger partial charge >= 0.3 is 5.97 Å². The minimum absolute atomic E-state index is 0. The Morgan fingerprint density at radius 3 is 2.57 bits per heavy atom. The second-order valence-electron chi connectivity index (χ2n) is 5.49. The Morgan fingerprint density at radius 1 is 1.26 bits per heavy atom. The van der Waals surface area contributed by atoms with E-state index in [0.29, 0.717) is 18.7 Å². The van der Waals surface area contributed by atoms with Crippen molar-refractivity contribution in [3.05, 3.63) is 47.8 Å². The van der Waals surface area contributed by atoms with Gasteiger partial charge in [-0.2, -0.15) is 5.10 Å². The van der Waals surface area contributed by atoms with Gasteiger partial charge in [0.25, 0.3) is 5.91 Å². The molecule has 23 heavy (non-hydrogen) atoms. The minimum Gasteiger partial charge on any atom is -0.481 e. The maximum absolute atomic E-state index is 12.5. The molecule has 1 aromatic carbocycles. The number of rotatable bonds is 3. The van der Waals surface area contributed by atoms with Crippen molar-refractivity contribution in [3.63, 3.8) is 0 Å². The highest BCUT2D eigenvalue weighted by Crippen LogP contribution is 2.20. The predicted octanol–water partition coefficient (Wildman–Crippen LogP) is 2.15. The molecule has 122 valence electrons. The number of aliphatic carboxylic acids is 1. The zero-order valence-corrected chi connectivity index (χ0v) is 13.5. The van der Waals surface area contributed by atoms with Crippen molar-refractivity contribution in [2.75, 3.05) is 13.1 Å². The van der Waals surface area contributed by atoms with Crippen molar-refractivity contribution in [2.45, 2.75) is 13.3 Å². The third-order valence-corrected chi connectivity index (χ3v) is 3.93. The number of carboxylic acid groups (broad SMARTS) is 1. The number of hydrogen-bond donors (Lipinski definition) is 1. The summed E-state index contributed by atoms with van der Waals surface area (Å²) >= 11 is 0. The van der Waals surface area contributed by atoms with Crippen LogP contribution in [0.3, 0.4) is 0 Å². The Labute approximate surface area is 140 Å². The number of aromatic nitrogens is 2. The number of hydrogen-bond acceptors (Lipinski definition) is 3. The fourth-order valence-electron chi connectivity index (χ4n) is 2.72. The SMILES string of the molecule is Cc1cc(C(=O)N2CCC(C(=O)O)C2)nn1-c1ccccc1.Cl. The van der Waals surface area contributed by atoms with Crippen LogP contribution in [0.25, 0.3) is 5.69 Å². The van der Waals surface area contributed by atoms with E-state index in [9.17, 15) is 9.59 Å². The molecule has 0 spiro atoms. The van der Waals surface area contributed by atoms with E-state index < -0.39 is 11.9 Å². The van der Waals surface area contributed by atoms with Gasteiger partial charge in [0.05, 0.1) is 11.6 Å². The molecule has 3 rings (SSSR count). The molecule has 1 amide bonds. The average Bonchev–Trinajstić information content (AvgIpc) is 3.14. The Kier molecular flexibility index (Phi) is 5.05. The molecule has 1 fully saturated rings. The van der Waals surface area contributed by atoms with Crippen LogP contribution in [-0.2, 0) is 4.79 Å². The average molecular weight is 336 g/mol. The number of amides is 1. The van der Waals surface area contributed by atoms with Crippen LogP contribution in [0.4, 0.5) is 0 Å². The lowest BCUT2D eigenvalue weighted by molar-refractivity contribution is -0.141. The molecule has 6 nitrogen and oxygen atoms in total. The van der Waals surface area contributed by atoms with Crippen molar-refractivity contribution in [3.8, 4) is 5.69 Å². The van der Waals surface area contributed by atoms with Crippen LogP contribution >= 0.6 is 12.4 Å². The number of carbonyl (C=O) groups is 2. The first-order valence-corrected chi connectivity index (χ1v) is 7.20. The molecule has 7 heteroatoms. The number of carboxylic acids is 1. The third-order valence-electron chi connectivity index (χ3n) is 3.93. The van der Waals surface area contributed by atoms with Crippen LogP contribution in [-0.4, -0.2) is 44.8 Å². The summed E-state index contributed by atoms with van der Waals surface area (Å²) in [4.78, 5) is 25.0. The van der Waals surface area contributed by atoms with Gasteiger partial charge in [-0.15, -0.1) is 12.4 Å². The number of carbonyl (C=O) groups excluding carboxylic acids is 1. The number of para-hydroxylation sites is 1. The highest BCUT2D eigenvalue weighted by Gasteiger charge is 2.32. The summed E-state index contributed by atoms with van der Waals surface area (Å²) in [5, 5.41) is 13.4. The molecule has 0 radical (unpaired) electrons. The van der Waals surface area contributed by atoms with Gasteiger partial charge in [0, 0.05) is 18.8 Å². The first-order valence-electron chi connectivity index (χ1n) is 7.20. The van der Waals surface area contributed by atoms with E-state index in [2.05, 4.69) is 5.10 Å². The lowest BCUT2D eigenvalue weighted by atomic mass is 10.1. The summed E-state index contributed by atoms with van der Waals surface area (Å²) in [6.45, 7) is 2.61. The van der Waals surface area contributed by atoms with E-state index in [1.165, 1.54) is 0 Å². The van der Waals surface area contributed by atoms with Gasteiger partial charge in [-0.25, -0.2) is 4.68 Å². The van der Waals surface area contributed by atoms with Gasteiger partial charge in [0.2, 0.25) is 0 Å². The summed E-state index contributed by atoms with van der Waals surface area (Å²) in [5.41, 5.74) is 2.11. The summed E-state index contributed by atoms with van der Waals surface area (Å²) < 4.78 is 1.72. The molecular weight excluding hydrogens is 318 g/mol. The van der Waals surface area contributed by atoms with Crippen LogP contribution < -0.4 is 0 Å². The number of nitrogens with zero attached hydrogens (tertiary/aromatic N) is 3. The van der Waals surface area contributed by atoms with Crippen LogP contribution in [0.15, 0.2) is 36.4 Å². The Morgan fingerprint density at radius 2 is 1.96 bits per heavy atom. The molecule has 1 aromatic heterocycles. The lowest BCUT2D eigenvalue weighted by Gasteiger charge is -2.13. The summed E-state index contributed by atoms with van der Waals surface area (Å²) in [6, 6.07) is 11.3. The Bertz CT molecular complexity index is 715. The van der Waals surface area contributed by atoms with Gasteiger partial charge < -0.3 is 10.0 Å². The van der Waals surface area contributed by atoms with Crippen molar-refractivity contribution in [1.29, 1.82) is 0 Å². The molecular formula is C16H18ClN3O3. The van der Waals surface area contributed by atoms with Crippen LogP contribution in [0.5, 0.6) is 0 Å². The van der Waals surface area contributed by atoms with Crippen molar-refractivity contribution in [1.82, 2.24) is 14.7 Å². The fraction of sp³-hybridized carbons (Fsp3) is 0.312. The maximum atomic E-state index is 12.5. The van der Waals surface area contributed by atoms with Gasteiger partial charge in [0.15, 0.2) is 5.69 Å². The molecule has 2 aromatic rings. The highest BCUT2D eigenvalue weighted by molar-refractivity contribution is 5.93. The van der Waals surface area contributed by atoms with Crippen molar-refractivity contribution >= 4 is 24.3 Å². The summed E-state index contributed by atoms with van der Waals surface area (Å²) in [5.74, 6) is -1.52. The van der Waals surface area contributed by atoms with Crippen LogP contribution in [0.2, 0.25) is 0 Å². The minimum atomic E-state index is -0.846. The molecule has 1 aliphatic rings. The number of halogens is 1. The third kappa shape index (κ3) is 3.37. The number of likely N-dealkylation sites (tertiary alicyclic amines) is 1. The van der Waals surface area contributed by atoms with Gasteiger partial charge in [-0.3, -0.25) is 9.59 Å². The lowest BCUT2D eigenvalue weighted by Crippen LogP contribution is -2.30. The summed E-state index contributed by atoms with van der Waals surface area (Å²) in [6.07, 6.45) is 0.499. The van der Waals surface area contributed by atoms with Crippen molar-refractivity contribution in [2.24, 2.45) is 5.92 Å². The molecule has 2 heterocycles. The monoisotopic (exact) mass is 335 g/mol. The highest BCUT2D eigenvalue weighted by atomic mass is 35.5. The zero-order chi connectivity index (χ0) is 15.7. The standard InChI is InChI=1S/C16H17N3O3.ClH/c1-11-9-14(17-19(11)13-5-3-2-4-6-13)15(20)18-8-7-12(10-18)16(21)22;/h2-6,9,12H,7-8,10H2,1H3,(H,21,22);1H. The zero-order valence-electron chi connectivity index (χ0n) is 12.7. The fourth-order valence-corrected chi connectivity index (χ4v) is 2.72. The summed E-state index contributed by atoms with van der Waals surface area (Å²) in [7, 11) is 0. The second-order valence-corrected chi connectivity index (χ2v) is 5.49. The normalized spacial score (nSPS) is 16.9. The number of benzene rings is 1. The maximum Gasteiger partial charge on any atom is 0.308 e. The van der Waals surface area contributed by atoms with Crippen molar-refractivity contribution < 1.29 is 14.7 Å². The molecule has 1 N–H and O–H groups in total. The molecule has 1 aliphatic heterocycles. The van der Waals surface area contributed by atoms with Crippen LogP contribution in [0.1, 0.15) is 22.6 Å². The van der Waals surface area contributed by atoms with Crippen LogP contribution in [0, 0.1) is 12.8 Å². The molecule has 0 saturated carbocycles. The van der Waals surface area contributed by atoms with E-state index in [1.807, 2.05) is 37.3 Å². The molecule has 1 unspecified atom stereocenters. The molecule has 1 atom stereocenters. The number of aryl methyl sites for hydroxylation is 1. The van der Waals surface area contributed by atoms with E-state index in [0.717, 1.165) is 11.4 Å². The molecule has 0 aliphatic carbocycles. The molecule has 0 bridgehead atoms. The van der Waals surface area contributed by atoms with Gasteiger partial charge in [0.1, 0.15) is 0 Å². The topological polar surface area (TPSA) is 75.4 Å². The Hall–Kier alpha value is -2.34. The smallest absolute Gasteiger partial charge is 0.308 e. The van der Waals surface area contributed by atoms with Gasteiger partial charge in [-0.05, 0) is 31.5 Å². The Balaban J connectivity index is 0.00000192. The van der Waals surface area contributed by atoms with Gasteiger partial charge in [-0.1, -0.05) is 18.2 Å². The predicted molar refractivity (Wildman–Crippen MR) is 87.2 cm³/mol. The van der Waals surface area contributed by atoms with E-state index >= 15 is 0 Å². The molecule has 1 saturated heterocycles. The quantitative estimate of drug-likeness (QED) is 0.932. The largest absolute Gasteiger partial charge is 0.481 e.